The van der Waals surface area contributed by atoms with Crippen LogP contribution in [0.5, 0.6) is 17.2 Å². The zero-order valence-corrected chi connectivity index (χ0v) is 16.1. The average molecular weight is 380 g/mol. The lowest BCUT2D eigenvalue weighted by atomic mass is 9.99. The van der Waals surface area contributed by atoms with E-state index in [1.807, 2.05) is 13.8 Å². The van der Waals surface area contributed by atoms with Gasteiger partial charge in [0, 0.05) is 0 Å². The van der Waals surface area contributed by atoms with Gasteiger partial charge in [-0.15, -0.1) is 0 Å². The molecule has 0 spiro atoms. The molecule has 0 saturated carbocycles. The largest absolute Gasteiger partial charge is 0.508 e. The van der Waals surface area contributed by atoms with E-state index in [0.29, 0.717) is 11.3 Å². The summed E-state index contributed by atoms with van der Waals surface area (Å²) >= 11 is 0. The topological polar surface area (TPSA) is 83.8 Å². The highest BCUT2D eigenvalue weighted by atomic mass is 16.5. The highest BCUT2D eigenvalue weighted by molar-refractivity contribution is 6.13. The number of benzene rings is 2. The molecule has 2 rings (SSSR count). The van der Waals surface area contributed by atoms with Crippen LogP contribution in [0.3, 0.4) is 0 Å². The SMILES string of the molecule is CC(C)Oc1cc(/C=C/C(=O)C(C)C(=O)/C=C/c2ccc(O)cc2)ccc1O. The lowest BCUT2D eigenvalue weighted by molar-refractivity contribution is -0.126. The Kier molecular flexibility index (Phi) is 7.15. The second kappa shape index (κ2) is 9.55. The number of phenolic OH excluding ortho intramolecular Hbond substituents is 2. The molecule has 146 valence electrons. The van der Waals surface area contributed by atoms with Crippen LogP contribution < -0.4 is 4.74 Å². The number of aromatic hydroxyl groups is 2. The number of rotatable bonds is 8. The molecule has 1 atom stereocenters. The molecule has 28 heavy (non-hydrogen) atoms. The van der Waals surface area contributed by atoms with Gasteiger partial charge in [0.05, 0.1) is 12.0 Å². The van der Waals surface area contributed by atoms with Crippen molar-refractivity contribution < 1.29 is 24.5 Å². The van der Waals surface area contributed by atoms with E-state index in [4.69, 9.17) is 4.74 Å². The molecular weight excluding hydrogens is 356 g/mol. The first-order valence-corrected chi connectivity index (χ1v) is 8.99. The maximum Gasteiger partial charge on any atom is 0.166 e. The zero-order valence-electron chi connectivity index (χ0n) is 16.1. The van der Waals surface area contributed by atoms with Crippen molar-refractivity contribution in [3.05, 3.63) is 65.7 Å². The Hall–Kier alpha value is -3.34. The molecule has 2 aromatic rings. The van der Waals surface area contributed by atoms with Gasteiger partial charge >= 0.3 is 0 Å². The summed E-state index contributed by atoms with van der Waals surface area (Å²) in [4.78, 5) is 24.5. The predicted octanol–water partition coefficient (Wildman–Crippen LogP) is 4.39. The first kappa shape index (κ1) is 21.0. The third-order valence-electron chi connectivity index (χ3n) is 3.97. The molecule has 0 aliphatic carbocycles. The first-order chi connectivity index (χ1) is 13.3. The van der Waals surface area contributed by atoms with Crippen molar-refractivity contribution in [1.82, 2.24) is 0 Å². The summed E-state index contributed by atoms with van der Waals surface area (Å²) in [5.41, 5.74) is 1.43. The van der Waals surface area contributed by atoms with Crippen molar-refractivity contribution in [3.63, 3.8) is 0 Å². The Morgan fingerprint density at radius 1 is 0.857 bits per heavy atom. The number of ether oxygens (including phenoxy) is 1. The lowest BCUT2D eigenvalue weighted by Crippen LogP contribution is -2.17. The van der Waals surface area contributed by atoms with Gasteiger partial charge in [0.1, 0.15) is 5.75 Å². The number of hydrogen-bond donors (Lipinski definition) is 2. The number of phenols is 2. The summed E-state index contributed by atoms with van der Waals surface area (Å²) < 4.78 is 5.51. The fraction of sp³-hybridized carbons (Fsp3) is 0.217. The van der Waals surface area contributed by atoms with E-state index in [1.165, 1.54) is 30.4 Å². The van der Waals surface area contributed by atoms with E-state index < -0.39 is 5.92 Å². The van der Waals surface area contributed by atoms with E-state index >= 15 is 0 Å². The standard InChI is InChI=1S/C23H24O5/c1-15(2)28-23-14-18(8-13-22(23)27)7-12-21(26)16(3)20(25)11-6-17-4-9-19(24)10-5-17/h4-16,24,27H,1-3H3/b11-6+,12-7+. The summed E-state index contributed by atoms with van der Waals surface area (Å²) in [6, 6.07) is 11.2. The molecule has 5 nitrogen and oxygen atoms in total. The minimum Gasteiger partial charge on any atom is -0.508 e. The lowest BCUT2D eigenvalue weighted by Gasteiger charge is -2.11. The van der Waals surface area contributed by atoms with Gasteiger partial charge in [-0.3, -0.25) is 9.59 Å². The Bertz CT molecular complexity index is 892. The van der Waals surface area contributed by atoms with Crippen molar-refractivity contribution in [2.75, 3.05) is 0 Å². The third-order valence-corrected chi connectivity index (χ3v) is 3.97. The van der Waals surface area contributed by atoms with Crippen LogP contribution in [0, 0.1) is 5.92 Å². The summed E-state index contributed by atoms with van der Waals surface area (Å²) in [6.07, 6.45) is 5.80. The van der Waals surface area contributed by atoms with Crippen molar-refractivity contribution in [2.45, 2.75) is 26.9 Å². The number of hydrogen-bond acceptors (Lipinski definition) is 5. The number of carbonyl (C=O) groups is 2. The van der Waals surface area contributed by atoms with Gasteiger partial charge in [-0.1, -0.05) is 30.4 Å². The monoisotopic (exact) mass is 380 g/mol. The normalized spacial score (nSPS) is 12.6. The van der Waals surface area contributed by atoms with Crippen LogP contribution in [0.4, 0.5) is 0 Å². The number of allylic oxidation sites excluding steroid dienone is 2. The molecule has 0 amide bonds. The molecule has 0 bridgehead atoms. The molecule has 5 heteroatoms. The maximum atomic E-state index is 12.3. The van der Waals surface area contributed by atoms with Crippen LogP contribution in [0.1, 0.15) is 31.9 Å². The molecule has 2 N–H and O–H groups in total. The van der Waals surface area contributed by atoms with Crippen molar-refractivity contribution in [2.24, 2.45) is 5.92 Å². The fourth-order valence-corrected chi connectivity index (χ4v) is 2.35. The molecule has 0 aliphatic rings. The van der Waals surface area contributed by atoms with E-state index in [9.17, 15) is 19.8 Å². The van der Waals surface area contributed by atoms with E-state index in [2.05, 4.69) is 0 Å². The van der Waals surface area contributed by atoms with Crippen molar-refractivity contribution >= 4 is 23.7 Å². The highest BCUT2D eigenvalue weighted by Crippen LogP contribution is 2.28. The van der Waals surface area contributed by atoms with Crippen molar-refractivity contribution in [3.8, 4) is 17.2 Å². The Morgan fingerprint density at radius 3 is 1.96 bits per heavy atom. The van der Waals surface area contributed by atoms with Gasteiger partial charge in [-0.2, -0.15) is 0 Å². The predicted molar refractivity (Wildman–Crippen MR) is 109 cm³/mol. The smallest absolute Gasteiger partial charge is 0.166 e. The highest BCUT2D eigenvalue weighted by Gasteiger charge is 2.16. The van der Waals surface area contributed by atoms with Crippen molar-refractivity contribution in [1.29, 1.82) is 0 Å². The molecule has 0 aliphatic heterocycles. The molecule has 2 aromatic carbocycles. The van der Waals surface area contributed by atoms with E-state index in [0.717, 1.165) is 5.56 Å². The Labute approximate surface area is 164 Å². The van der Waals surface area contributed by atoms with Gasteiger partial charge in [0.15, 0.2) is 23.1 Å². The first-order valence-electron chi connectivity index (χ1n) is 8.99. The molecule has 0 saturated heterocycles. The number of ketones is 2. The fourth-order valence-electron chi connectivity index (χ4n) is 2.35. The van der Waals surface area contributed by atoms with E-state index in [1.54, 1.807) is 43.3 Å². The molecule has 0 radical (unpaired) electrons. The van der Waals surface area contributed by atoms with Gasteiger partial charge in [0.2, 0.25) is 0 Å². The van der Waals surface area contributed by atoms with Crippen LogP contribution >= 0.6 is 0 Å². The molecule has 0 heterocycles. The summed E-state index contributed by atoms with van der Waals surface area (Å²) in [6.45, 7) is 5.26. The van der Waals surface area contributed by atoms with Gasteiger partial charge < -0.3 is 14.9 Å². The average Bonchev–Trinajstić information content (AvgIpc) is 2.66. The molecule has 1 unspecified atom stereocenters. The van der Waals surface area contributed by atoms with Crippen LogP contribution in [-0.2, 0) is 9.59 Å². The van der Waals surface area contributed by atoms with Crippen LogP contribution in [0.15, 0.2) is 54.6 Å². The minimum atomic E-state index is -0.812. The van der Waals surface area contributed by atoms with Crippen LogP contribution in [0.25, 0.3) is 12.2 Å². The third kappa shape index (κ3) is 6.13. The minimum absolute atomic E-state index is 0.0279. The van der Waals surface area contributed by atoms with Gasteiger partial charge in [-0.05, 0) is 68.3 Å². The molecular formula is C23H24O5. The maximum absolute atomic E-state index is 12.3. The summed E-state index contributed by atoms with van der Waals surface area (Å²) in [5, 5.41) is 19.1. The van der Waals surface area contributed by atoms with E-state index in [-0.39, 0.29) is 29.2 Å². The van der Waals surface area contributed by atoms with Crippen LogP contribution in [0.2, 0.25) is 0 Å². The van der Waals surface area contributed by atoms with Gasteiger partial charge in [-0.25, -0.2) is 0 Å². The quantitative estimate of drug-likeness (QED) is 0.524. The summed E-state index contributed by atoms with van der Waals surface area (Å²) in [7, 11) is 0. The molecule has 0 aromatic heterocycles. The summed E-state index contributed by atoms with van der Waals surface area (Å²) in [5.74, 6) is -0.927. The van der Waals surface area contributed by atoms with Gasteiger partial charge in [0.25, 0.3) is 0 Å². The molecule has 0 fully saturated rings. The Morgan fingerprint density at radius 2 is 1.39 bits per heavy atom. The second-order valence-electron chi connectivity index (χ2n) is 6.68. The second-order valence-corrected chi connectivity index (χ2v) is 6.68. The van der Waals surface area contributed by atoms with Crippen LogP contribution in [-0.4, -0.2) is 27.9 Å². The Balaban J connectivity index is 2.02. The zero-order chi connectivity index (χ0) is 20.7. The number of carbonyl (C=O) groups excluding carboxylic acids is 2.